The zero-order valence-corrected chi connectivity index (χ0v) is 11.3. The van der Waals surface area contributed by atoms with Crippen molar-refractivity contribution in [3.05, 3.63) is 71.3 Å². The molecule has 2 aromatic heterocycles. The van der Waals surface area contributed by atoms with Gasteiger partial charge < -0.3 is 4.42 Å². The van der Waals surface area contributed by atoms with Crippen LogP contribution in [0.4, 0.5) is 0 Å². The third-order valence-electron chi connectivity index (χ3n) is 3.37. The molecule has 0 amide bonds. The van der Waals surface area contributed by atoms with E-state index in [1.165, 1.54) is 0 Å². The number of hydrogen-bond donors (Lipinski definition) is 0. The fourth-order valence-corrected chi connectivity index (χ4v) is 3.31. The Bertz CT molecular complexity index is 897. The third kappa shape index (κ3) is 1.67. The maximum absolute atomic E-state index is 12.6. The molecule has 0 aliphatic rings. The molecular weight excluding hydrogens is 268 g/mol. The van der Waals surface area contributed by atoms with E-state index in [1.54, 1.807) is 11.3 Å². The van der Waals surface area contributed by atoms with Gasteiger partial charge in [-0.25, -0.2) is 0 Å². The quantitative estimate of drug-likeness (QED) is 0.489. The maximum atomic E-state index is 12.6. The molecule has 2 nitrogen and oxygen atoms in total. The zero-order chi connectivity index (χ0) is 13.5. The SMILES string of the molecule is O=C(c1cc2ccccc2o1)c1cccc2ccsc12. The molecule has 20 heavy (non-hydrogen) atoms. The molecule has 0 unspecified atom stereocenters. The number of thiophene rings is 1. The van der Waals surface area contributed by atoms with E-state index in [2.05, 4.69) is 0 Å². The van der Waals surface area contributed by atoms with Gasteiger partial charge in [0.05, 0.1) is 0 Å². The van der Waals surface area contributed by atoms with Gasteiger partial charge in [0.15, 0.2) is 5.76 Å². The lowest BCUT2D eigenvalue weighted by atomic mass is 10.1. The van der Waals surface area contributed by atoms with Crippen LogP contribution in [0.5, 0.6) is 0 Å². The van der Waals surface area contributed by atoms with Crippen LogP contribution < -0.4 is 0 Å². The number of fused-ring (bicyclic) bond motifs is 2. The molecule has 4 aromatic rings. The summed E-state index contributed by atoms with van der Waals surface area (Å²) < 4.78 is 6.68. The minimum absolute atomic E-state index is 0.0609. The summed E-state index contributed by atoms with van der Waals surface area (Å²) >= 11 is 1.58. The molecule has 0 N–H and O–H groups in total. The second kappa shape index (κ2) is 4.32. The Morgan fingerprint density at radius 2 is 1.80 bits per heavy atom. The molecule has 0 bridgehead atoms. The van der Waals surface area contributed by atoms with Crippen molar-refractivity contribution >= 4 is 38.2 Å². The summed E-state index contributed by atoms with van der Waals surface area (Å²) in [7, 11) is 0. The van der Waals surface area contributed by atoms with Crippen molar-refractivity contribution in [3.8, 4) is 0 Å². The van der Waals surface area contributed by atoms with E-state index in [1.807, 2.05) is 60.0 Å². The number of para-hydroxylation sites is 1. The molecule has 0 saturated heterocycles. The number of ketones is 1. The van der Waals surface area contributed by atoms with Crippen LogP contribution >= 0.6 is 11.3 Å². The third-order valence-corrected chi connectivity index (χ3v) is 4.34. The molecule has 0 aliphatic heterocycles. The van der Waals surface area contributed by atoms with Crippen molar-refractivity contribution in [3.63, 3.8) is 0 Å². The number of rotatable bonds is 2. The standard InChI is InChI=1S/C17H10O2S/c18-16(13-6-3-5-11-8-9-20-17(11)13)15-10-12-4-1-2-7-14(12)19-15/h1-10H. The van der Waals surface area contributed by atoms with E-state index in [0.29, 0.717) is 11.3 Å². The molecule has 0 aliphatic carbocycles. The second-order valence-electron chi connectivity index (χ2n) is 4.62. The Labute approximate surface area is 119 Å². The number of furan rings is 1. The Morgan fingerprint density at radius 3 is 2.70 bits per heavy atom. The summed E-state index contributed by atoms with van der Waals surface area (Å²) in [6.07, 6.45) is 0. The van der Waals surface area contributed by atoms with Gasteiger partial charge in [0.1, 0.15) is 5.58 Å². The normalized spacial score (nSPS) is 11.2. The van der Waals surface area contributed by atoms with E-state index in [-0.39, 0.29) is 5.78 Å². The van der Waals surface area contributed by atoms with E-state index >= 15 is 0 Å². The first-order valence-electron chi connectivity index (χ1n) is 6.32. The molecule has 0 spiro atoms. The summed E-state index contributed by atoms with van der Waals surface area (Å²) in [5.41, 5.74) is 1.45. The van der Waals surface area contributed by atoms with Crippen molar-refractivity contribution in [1.82, 2.24) is 0 Å². The predicted octanol–water partition coefficient (Wildman–Crippen LogP) is 4.88. The first kappa shape index (κ1) is 11.4. The highest BCUT2D eigenvalue weighted by Crippen LogP contribution is 2.28. The first-order valence-corrected chi connectivity index (χ1v) is 7.20. The Balaban J connectivity index is 1.89. The Hall–Kier alpha value is -2.39. The number of carbonyl (C=O) groups is 1. The molecular formula is C17H10O2S. The van der Waals surface area contributed by atoms with E-state index in [9.17, 15) is 4.79 Å². The largest absolute Gasteiger partial charge is 0.453 e. The van der Waals surface area contributed by atoms with Gasteiger partial charge in [-0.05, 0) is 35.0 Å². The van der Waals surface area contributed by atoms with Crippen LogP contribution in [-0.2, 0) is 0 Å². The molecule has 2 heterocycles. The highest BCUT2D eigenvalue weighted by molar-refractivity contribution is 7.17. The van der Waals surface area contributed by atoms with E-state index in [0.717, 1.165) is 21.1 Å². The predicted molar refractivity (Wildman–Crippen MR) is 81.5 cm³/mol. The monoisotopic (exact) mass is 278 g/mol. The summed E-state index contributed by atoms with van der Waals surface area (Å²) in [5, 5.41) is 4.05. The van der Waals surface area contributed by atoms with Gasteiger partial charge >= 0.3 is 0 Å². The average molecular weight is 278 g/mol. The summed E-state index contributed by atoms with van der Waals surface area (Å²) in [4.78, 5) is 12.6. The lowest BCUT2D eigenvalue weighted by molar-refractivity contribution is 0.101. The molecule has 2 aromatic carbocycles. The first-order chi connectivity index (χ1) is 9.83. The zero-order valence-electron chi connectivity index (χ0n) is 10.5. The Morgan fingerprint density at radius 1 is 0.950 bits per heavy atom. The van der Waals surface area contributed by atoms with Crippen molar-refractivity contribution in [1.29, 1.82) is 0 Å². The smallest absolute Gasteiger partial charge is 0.229 e. The molecule has 4 rings (SSSR count). The molecule has 96 valence electrons. The molecule has 0 saturated carbocycles. The van der Waals surface area contributed by atoms with E-state index < -0.39 is 0 Å². The van der Waals surface area contributed by atoms with Crippen molar-refractivity contribution in [2.75, 3.05) is 0 Å². The van der Waals surface area contributed by atoms with Gasteiger partial charge in [0.25, 0.3) is 0 Å². The van der Waals surface area contributed by atoms with Crippen LogP contribution in [-0.4, -0.2) is 5.78 Å². The van der Waals surface area contributed by atoms with Gasteiger partial charge in [-0.2, -0.15) is 0 Å². The summed E-state index contributed by atoms with van der Waals surface area (Å²) in [6, 6.07) is 17.3. The highest BCUT2D eigenvalue weighted by atomic mass is 32.1. The maximum Gasteiger partial charge on any atom is 0.229 e. The van der Waals surface area contributed by atoms with Crippen LogP contribution in [0.25, 0.3) is 21.1 Å². The van der Waals surface area contributed by atoms with Crippen molar-refractivity contribution in [2.45, 2.75) is 0 Å². The van der Waals surface area contributed by atoms with Crippen LogP contribution in [0.1, 0.15) is 16.1 Å². The fourth-order valence-electron chi connectivity index (χ4n) is 2.40. The fraction of sp³-hybridized carbons (Fsp3) is 0. The van der Waals surface area contributed by atoms with Gasteiger partial charge in [-0.1, -0.05) is 30.3 Å². The number of carbonyl (C=O) groups excluding carboxylic acids is 1. The molecule has 0 radical (unpaired) electrons. The summed E-state index contributed by atoms with van der Waals surface area (Å²) in [5.74, 6) is 0.335. The van der Waals surface area contributed by atoms with Crippen LogP contribution in [0, 0.1) is 0 Å². The Kier molecular flexibility index (Phi) is 2.47. The van der Waals surface area contributed by atoms with Gasteiger partial charge in [-0.15, -0.1) is 11.3 Å². The van der Waals surface area contributed by atoms with Gasteiger partial charge in [-0.3, -0.25) is 4.79 Å². The second-order valence-corrected chi connectivity index (χ2v) is 5.54. The molecule has 0 atom stereocenters. The topological polar surface area (TPSA) is 30.2 Å². The minimum Gasteiger partial charge on any atom is -0.453 e. The lowest BCUT2D eigenvalue weighted by Gasteiger charge is -1.99. The minimum atomic E-state index is -0.0609. The molecule has 3 heteroatoms. The van der Waals surface area contributed by atoms with Crippen LogP contribution in [0.15, 0.2) is 64.4 Å². The van der Waals surface area contributed by atoms with Crippen LogP contribution in [0.2, 0.25) is 0 Å². The number of benzene rings is 2. The average Bonchev–Trinajstić information content (AvgIpc) is 3.12. The lowest BCUT2D eigenvalue weighted by Crippen LogP contribution is -1.99. The number of hydrogen-bond acceptors (Lipinski definition) is 3. The molecule has 0 fully saturated rings. The summed E-state index contributed by atoms with van der Waals surface area (Å²) in [6.45, 7) is 0. The van der Waals surface area contributed by atoms with Crippen LogP contribution in [0.3, 0.4) is 0 Å². The van der Waals surface area contributed by atoms with Crippen molar-refractivity contribution in [2.24, 2.45) is 0 Å². The van der Waals surface area contributed by atoms with Gasteiger partial charge in [0, 0.05) is 15.6 Å². The highest BCUT2D eigenvalue weighted by Gasteiger charge is 2.17. The van der Waals surface area contributed by atoms with Crippen molar-refractivity contribution < 1.29 is 9.21 Å². The van der Waals surface area contributed by atoms with Gasteiger partial charge in [0.2, 0.25) is 5.78 Å². The van der Waals surface area contributed by atoms with E-state index in [4.69, 9.17) is 4.42 Å².